The lowest BCUT2D eigenvalue weighted by Crippen LogP contribution is -1.82. The molecular formula is C15H11ClN2O2. The van der Waals surface area contributed by atoms with Crippen LogP contribution in [0, 0.1) is 6.92 Å². The first-order valence-electron chi connectivity index (χ1n) is 6.03. The van der Waals surface area contributed by atoms with Gasteiger partial charge in [0.05, 0.1) is 0 Å². The number of phenols is 1. The third-order valence-corrected chi connectivity index (χ3v) is 3.20. The molecule has 1 aromatic heterocycles. The minimum Gasteiger partial charge on any atom is -0.508 e. The minimum absolute atomic E-state index is 0.199. The zero-order valence-corrected chi connectivity index (χ0v) is 11.4. The first kappa shape index (κ1) is 12.7. The Bertz CT molecular complexity index is 768. The molecule has 0 fully saturated rings. The number of aryl methyl sites for hydroxylation is 1. The molecule has 5 heteroatoms. The average Bonchev–Trinajstić information content (AvgIpc) is 2.92. The number of rotatable bonds is 2. The molecule has 1 heterocycles. The minimum atomic E-state index is 0.199. The van der Waals surface area contributed by atoms with Crippen LogP contribution in [0.3, 0.4) is 0 Å². The Morgan fingerprint density at radius 3 is 2.70 bits per heavy atom. The van der Waals surface area contributed by atoms with Gasteiger partial charge in [0.25, 0.3) is 5.89 Å². The summed E-state index contributed by atoms with van der Waals surface area (Å²) in [4.78, 5) is 4.32. The molecule has 3 rings (SSSR count). The monoisotopic (exact) mass is 286 g/mol. The lowest BCUT2D eigenvalue weighted by atomic mass is 10.1. The quantitative estimate of drug-likeness (QED) is 0.771. The summed E-state index contributed by atoms with van der Waals surface area (Å²) in [5.74, 6) is 1.02. The molecule has 0 saturated heterocycles. The lowest BCUT2D eigenvalue weighted by Gasteiger charge is -1.99. The number of benzene rings is 2. The number of nitrogens with zero attached hydrogens (tertiary/aromatic N) is 2. The molecule has 0 atom stereocenters. The van der Waals surface area contributed by atoms with E-state index >= 15 is 0 Å². The Labute approximate surface area is 120 Å². The van der Waals surface area contributed by atoms with E-state index < -0.39 is 0 Å². The summed E-state index contributed by atoms with van der Waals surface area (Å²) in [7, 11) is 0. The summed E-state index contributed by atoms with van der Waals surface area (Å²) in [5, 5.41) is 14.3. The van der Waals surface area contributed by atoms with E-state index in [1.807, 2.05) is 25.1 Å². The highest BCUT2D eigenvalue weighted by Gasteiger charge is 2.11. The highest BCUT2D eigenvalue weighted by molar-refractivity contribution is 6.30. The SMILES string of the molecule is Cc1ccc(-c2nc(-c3cccc(Cl)c3)no2)cc1O. The first-order valence-corrected chi connectivity index (χ1v) is 6.41. The fraction of sp³-hybridized carbons (Fsp3) is 0.0667. The van der Waals surface area contributed by atoms with Crippen LogP contribution in [0.2, 0.25) is 5.02 Å². The van der Waals surface area contributed by atoms with Crippen molar-refractivity contribution in [1.82, 2.24) is 10.1 Å². The van der Waals surface area contributed by atoms with Gasteiger partial charge in [0.1, 0.15) is 5.75 Å². The summed E-state index contributed by atoms with van der Waals surface area (Å²) >= 11 is 5.94. The van der Waals surface area contributed by atoms with E-state index in [-0.39, 0.29) is 5.75 Å². The van der Waals surface area contributed by atoms with Crippen molar-refractivity contribution in [3.8, 4) is 28.6 Å². The van der Waals surface area contributed by atoms with Gasteiger partial charge in [0.15, 0.2) is 0 Å². The lowest BCUT2D eigenvalue weighted by molar-refractivity contribution is 0.431. The molecule has 1 N–H and O–H groups in total. The summed E-state index contributed by atoms with van der Waals surface area (Å²) < 4.78 is 5.22. The van der Waals surface area contributed by atoms with Gasteiger partial charge in [-0.05, 0) is 36.8 Å². The van der Waals surface area contributed by atoms with Crippen molar-refractivity contribution >= 4 is 11.6 Å². The smallest absolute Gasteiger partial charge is 0.258 e. The van der Waals surface area contributed by atoms with Gasteiger partial charge in [-0.25, -0.2) is 0 Å². The van der Waals surface area contributed by atoms with E-state index in [2.05, 4.69) is 10.1 Å². The van der Waals surface area contributed by atoms with Crippen molar-refractivity contribution in [3.05, 3.63) is 53.1 Å². The molecule has 0 bridgehead atoms. The van der Waals surface area contributed by atoms with E-state index in [4.69, 9.17) is 16.1 Å². The summed E-state index contributed by atoms with van der Waals surface area (Å²) in [6, 6.07) is 12.5. The van der Waals surface area contributed by atoms with Crippen LogP contribution < -0.4 is 0 Å². The third kappa shape index (κ3) is 2.38. The predicted octanol–water partition coefficient (Wildman–Crippen LogP) is 4.07. The van der Waals surface area contributed by atoms with Crippen molar-refractivity contribution in [2.24, 2.45) is 0 Å². The van der Waals surface area contributed by atoms with Crippen molar-refractivity contribution in [3.63, 3.8) is 0 Å². The van der Waals surface area contributed by atoms with Gasteiger partial charge in [0, 0.05) is 16.1 Å². The normalized spacial score (nSPS) is 10.7. The van der Waals surface area contributed by atoms with E-state index in [1.165, 1.54) is 0 Å². The maximum atomic E-state index is 9.71. The Kier molecular flexibility index (Phi) is 3.16. The Balaban J connectivity index is 1.99. The van der Waals surface area contributed by atoms with Gasteiger partial charge in [-0.3, -0.25) is 0 Å². The molecule has 0 radical (unpaired) electrons. The Hall–Kier alpha value is -2.33. The molecule has 0 saturated carbocycles. The average molecular weight is 287 g/mol. The number of aromatic hydroxyl groups is 1. The van der Waals surface area contributed by atoms with Crippen molar-refractivity contribution < 1.29 is 9.63 Å². The number of aromatic nitrogens is 2. The molecule has 0 amide bonds. The molecule has 2 aromatic carbocycles. The van der Waals surface area contributed by atoms with E-state index in [9.17, 15) is 5.11 Å². The van der Waals surface area contributed by atoms with Crippen LogP contribution in [0.25, 0.3) is 22.8 Å². The van der Waals surface area contributed by atoms with E-state index in [0.29, 0.717) is 22.3 Å². The summed E-state index contributed by atoms with van der Waals surface area (Å²) in [5.41, 5.74) is 2.25. The maximum absolute atomic E-state index is 9.71. The fourth-order valence-corrected chi connectivity index (χ4v) is 2.02. The molecule has 0 aliphatic carbocycles. The molecule has 0 aliphatic heterocycles. The highest BCUT2D eigenvalue weighted by atomic mass is 35.5. The van der Waals surface area contributed by atoms with Crippen LogP contribution >= 0.6 is 11.6 Å². The largest absolute Gasteiger partial charge is 0.508 e. The van der Waals surface area contributed by atoms with Gasteiger partial charge >= 0.3 is 0 Å². The van der Waals surface area contributed by atoms with Gasteiger partial charge in [0.2, 0.25) is 5.82 Å². The Morgan fingerprint density at radius 2 is 1.95 bits per heavy atom. The number of hydrogen-bond acceptors (Lipinski definition) is 4. The van der Waals surface area contributed by atoms with Crippen molar-refractivity contribution in [1.29, 1.82) is 0 Å². The molecular weight excluding hydrogens is 276 g/mol. The van der Waals surface area contributed by atoms with Crippen molar-refractivity contribution in [2.45, 2.75) is 6.92 Å². The van der Waals surface area contributed by atoms with Gasteiger partial charge in [-0.1, -0.05) is 35.0 Å². The number of phenolic OH excluding ortho intramolecular Hbond substituents is 1. The maximum Gasteiger partial charge on any atom is 0.258 e. The number of halogens is 1. The third-order valence-electron chi connectivity index (χ3n) is 2.96. The molecule has 3 aromatic rings. The van der Waals surface area contributed by atoms with Crippen LogP contribution in [-0.4, -0.2) is 15.2 Å². The van der Waals surface area contributed by atoms with Crippen LogP contribution in [-0.2, 0) is 0 Å². The first-order chi connectivity index (χ1) is 9.63. The standard InChI is InChI=1S/C15H11ClN2O2/c1-9-5-6-11(8-13(9)19)15-17-14(18-20-15)10-3-2-4-12(16)7-10/h2-8,19H,1H3. The van der Waals surface area contributed by atoms with E-state index in [1.54, 1.807) is 24.3 Å². The van der Waals surface area contributed by atoms with Gasteiger partial charge < -0.3 is 9.63 Å². The Morgan fingerprint density at radius 1 is 1.10 bits per heavy atom. The summed E-state index contributed by atoms with van der Waals surface area (Å²) in [6.45, 7) is 1.82. The van der Waals surface area contributed by atoms with Crippen LogP contribution in [0.1, 0.15) is 5.56 Å². The van der Waals surface area contributed by atoms with Crippen LogP contribution in [0.15, 0.2) is 47.0 Å². The highest BCUT2D eigenvalue weighted by Crippen LogP contribution is 2.27. The van der Waals surface area contributed by atoms with Crippen molar-refractivity contribution in [2.75, 3.05) is 0 Å². The van der Waals surface area contributed by atoms with Crippen LogP contribution in [0.5, 0.6) is 5.75 Å². The summed E-state index contributed by atoms with van der Waals surface area (Å²) in [6.07, 6.45) is 0. The molecule has 4 nitrogen and oxygen atoms in total. The zero-order chi connectivity index (χ0) is 14.1. The van der Waals surface area contributed by atoms with Crippen LogP contribution in [0.4, 0.5) is 0 Å². The molecule has 20 heavy (non-hydrogen) atoms. The van der Waals surface area contributed by atoms with Gasteiger partial charge in [-0.15, -0.1) is 0 Å². The second-order valence-corrected chi connectivity index (χ2v) is 4.87. The molecule has 0 aliphatic rings. The topological polar surface area (TPSA) is 59.2 Å². The number of hydrogen-bond donors (Lipinski definition) is 1. The predicted molar refractivity (Wildman–Crippen MR) is 76.6 cm³/mol. The van der Waals surface area contributed by atoms with Gasteiger partial charge in [-0.2, -0.15) is 4.98 Å². The molecule has 100 valence electrons. The molecule has 0 spiro atoms. The zero-order valence-electron chi connectivity index (χ0n) is 10.7. The second-order valence-electron chi connectivity index (χ2n) is 4.43. The second kappa shape index (κ2) is 4.98. The fourth-order valence-electron chi connectivity index (χ4n) is 1.83. The van der Waals surface area contributed by atoms with E-state index in [0.717, 1.165) is 11.1 Å². The molecule has 0 unspecified atom stereocenters.